The second-order valence-corrected chi connectivity index (χ2v) is 7.52. The Bertz CT molecular complexity index is 1200. The van der Waals surface area contributed by atoms with Gasteiger partial charge in [-0.15, -0.1) is 0 Å². The van der Waals surface area contributed by atoms with Crippen LogP contribution >= 0.6 is 0 Å². The number of fused-ring (bicyclic) bond motifs is 1. The Labute approximate surface area is 180 Å². The molecule has 1 saturated heterocycles. The Kier molecular flexibility index (Phi) is 5.22. The molecule has 2 aromatic carbocycles. The molecule has 154 valence electrons. The minimum atomic E-state index is 0.0615. The fourth-order valence-corrected chi connectivity index (χ4v) is 4.14. The minimum Gasteiger partial charge on any atom is -0.339 e. The number of nitrogens with zero attached hydrogens (tertiary/aromatic N) is 6. The van der Waals surface area contributed by atoms with Gasteiger partial charge in [0, 0.05) is 49.7 Å². The van der Waals surface area contributed by atoms with Crippen LogP contribution in [0.15, 0.2) is 73.3 Å². The van der Waals surface area contributed by atoms with Gasteiger partial charge in [-0.2, -0.15) is 10.2 Å². The molecule has 2 aromatic heterocycles. The van der Waals surface area contributed by atoms with E-state index in [-0.39, 0.29) is 5.91 Å². The summed E-state index contributed by atoms with van der Waals surface area (Å²) in [6, 6.07) is 15.7. The van der Waals surface area contributed by atoms with Crippen LogP contribution in [0, 0.1) is 0 Å². The van der Waals surface area contributed by atoms with Crippen LogP contribution in [0.5, 0.6) is 0 Å². The highest BCUT2D eigenvalue weighted by Crippen LogP contribution is 2.30. The molecule has 7 heteroatoms. The molecule has 31 heavy (non-hydrogen) atoms. The molecule has 1 aliphatic heterocycles. The van der Waals surface area contributed by atoms with Crippen molar-refractivity contribution in [2.45, 2.75) is 6.42 Å². The monoisotopic (exact) mass is 410 g/mol. The highest BCUT2D eigenvalue weighted by atomic mass is 16.2. The molecule has 0 atom stereocenters. The van der Waals surface area contributed by atoms with Crippen molar-refractivity contribution in [2.75, 3.05) is 31.1 Å². The van der Waals surface area contributed by atoms with Crippen molar-refractivity contribution in [3.8, 4) is 11.1 Å². The van der Waals surface area contributed by atoms with Crippen LogP contribution in [0.3, 0.4) is 0 Å². The predicted molar refractivity (Wildman–Crippen MR) is 120 cm³/mol. The highest BCUT2D eigenvalue weighted by Gasteiger charge is 2.23. The standard InChI is InChI=1S/C24H22N6O/c31-23(29-13-4-14-30(16-15-29)24-25-10-3-11-26-24)22-8-2-6-20-19(5-1-7-21(20)22)18-9-12-27-28-17-18/h1-3,5-12,17H,4,13-16H2. The quantitative estimate of drug-likeness (QED) is 0.515. The number of carbonyl (C=O) groups is 1. The van der Waals surface area contributed by atoms with Crippen LogP contribution in [0.4, 0.5) is 5.95 Å². The van der Waals surface area contributed by atoms with E-state index in [0.29, 0.717) is 19.6 Å². The smallest absolute Gasteiger partial charge is 0.254 e. The summed E-state index contributed by atoms with van der Waals surface area (Å²) in [4.78, 5) is 26.3. The lowest BCUT2D eigenvalue weighted by atomic mass is 9.96. The van der Waals surface area contributed by atoms with Gasteiger partial charge in [0.25, 0.3) is 5.91 Å². The number of anilines is 1. The lowest BCUT2D eigenvalue weighted by Gasteiger charge is -2.23. The third kappa shape index (κ3) is 3.82. The van der Waals surface area contributed by atoms with E-state index in [1.807, 2.05) is 41.3 Å². The molecule has 1 amide bonds. The number of rotatable bonds is 3. The van der Waals surface area contributed by atoms with Crippen molar-refractivity contribution in [1.82, 2.24) is 25.1 Å². The van der Waals surface area contributed by atoms with Gasteiger partial charge in [0.05, 0.1) is 12.4 Å². The van der Waals surface area contributed by atoms with Crippen molar-refractivity contribution < 1.29 is 4.79 Å². The van der Waals surface area contributed by atoms with E-state index in [2.05, 4.69) is 37.2 Å². The Morgan fingerprint density at radius 1 is 0.774 bits per heavy atom. The summed E-state index contributed by atoms with van der Waals surface area (Å²) < 4.78 is 0. The van der Waals surface area contributed by atoms with Gasteiger partial charge in [0.15, 0.2) is 0 Å². The third-order valence-corrected chi connectivity index (χ3v) is 5.67. The van der Waals surface area contributed by atoms with Crippen LogP contribution in [0.2, 0.25) is 0 Å². The van der Waals surface area contributed by atoms with Crippen molar-refractivity contribution in [3.05, 3.63) is 78.9 Å². The molecule has 0 aliphatic carbocycles. The second kappa shape index (κ2) is 8.47. The zero-order valence-electron chi connectivity index (χ0n) is 17.1. The van der Waals surface area contributed by atoms with Gasteiger partial charge in [-0.1, -0.05) is 30.3 Å². The number of carbonyl (C=O) groups excluding carboxylic acids is 1. The summed E-state index contributed by atoms with van der Waals surface area (Å²) in [5.74, 6) is 0.781. The summed E-state index contributed by atoms with van der Waals surface area (Å²) in [7, 11) is 0. The minimum absolute atomic E-state index is 0.0615. The fraction of sp³-hybridized carbons (Fsp3) is 0.208. The zero-order valence-corrected chi connectivity index (χ0v) is 17.1. The first kappa shape index (κ1) is 19.1. The number of amides is 1. The van der Waals surface area contributed by atoms with Gasteiger partial charge in [-0.3, -0.25) is 4.79 Å². The third-order valence-electron chi connectivity index (χ3n) is 5.67. The molecule has 4 aromatic rings. The van der Waals surface area contributed by atoms with Crippen molar-refractivity contribution >= 4 is 22.6 Å². The van der Waals surface area contributed by atoms with Gasteiger partial charge < -0.3 is 9.80 Å². The SMILES string of the molecule is O=C(c1cccc2c(-c3ccnnc3)cccc12)N1CCCN(c2ncccn2)CC1. The molecule has 0 saturated carbocycles. The molecule has 7 nitrogen and oxygen atoms in total. The largest absolute Gasteiger partial charge is 0.339 e. The molecular formula is C24H22N6O. The fourth-order valence-electron chi connectivity index (χ4n) is 4.14. The van der Waals surface area contributed by atoms with Gasteiger partial charge in [0.1, 0.15) is 0 Å². The van der Waals surface area contributed by atoms with Crippen molar-refractivity contribution in [1.29, 1.82) is 0 Å². The highest BCUT2D eigenvalue weighted by molar-refractivity contribution is 6.10. The molecular weight excluding hydrogens is 388 g/mol. The van der Waals surface area contributed by atoms with Gasteiger partial charge in [-0.05, 0) is 41.0 Å². The first-order chi connectivity index (χ1) is 15.3. The molecule has 3 heterocycles. The second-order valence-electron chi connectivity index (χ2n) is 7.52. The molecule has 0 bridgehead atoms. The van der Waals surface area contributed by atoms with Crippen LogP contribution in [-0.4, -0.2) is 57.2 Å². The maximum atomic E-state index is 13.5. The summed E-state index contributed by atoms with van der Waals surface area (Å²) in [6.07, 6.45) is 7.81. The van der Waals surface area contributed by atoms with E-state index in [0.717, 1.165) is 46.4 Å². The Morgan fingerprint density at radius 3 is 2.45 bits per heavy atom. The lowest BCUT2D eigenvalue weighted by molar-refractivity contribution is 0.0769. The van der Waals surface area contributed by atoms with Gasteiger partial charge in [-0.25, -0.2) is 9.97 Å². The van der Waals surface area contributed by atoms with Crippen LogP contribution in [0.25, 0.3) is 21.9 Å². The Morgan fingerprint density at radius 2 is 1.61 bits per heavy atom. The van der Waals surface area contributed by atoms with E-state index in [9.17, 15) is 4.79 Å². The van der Waals surface area contributed by atoms with Crippen LogP contribution in [-0.2, 0) is 0 Å². The number of aromatic nitrogens is 4. The van der Waals surface area contributed by atoms with E-state index in [1.165, 1.54) is 0 Å². The zero-order chi connectivity index (χ0) is 21.0. The van der Waals surface area contributed by atoms with Crippen molar-refractivity contribution in [3.63, 3.8) is 0 Å². The topological polar surface area (TPSA) is 75.1 Å². The summed E-state index contributed by atoms with van der Waals surface area (Å²) in [5.41, 5.74) is 2.76. The van der Waals surface area contributed by atoms with Gasteiger partial charge in [0.2, 0.25) is 5.95 Å². The van der Waals surface area contributed by atoms with Gasteiger partial charge >= 0.3 is 0 Å². The number of benzene rings is 2. The summed E-state index contributed by atoms with van der Waals surface area (Å²) >= 11 is 0. The molecule has 0 radical (unpaired) electrons. The van der Waals surface area contributed by atoms with Crippen LogP contribution in [0.1, 0.15) is 16.8 Å². The molecule has 0 N–H and O–H groups in total. The predicted octanol–water partition coefficient (Wildman–Crippen LogP) is 3.44. The first-order valence-electron chi connectivity index (χ1n) is 10.4. The van der Waals surface area contributed by atoms with Crippen LogP contribution < -0.4 is 4.90 Å². The maximum absolute atomic E-state index is 13.5. The average Bonchev–Trinajstić information content (AvgIpc) is 3.10. The normalized spacial score (nSPS) is 14.5. The van der Waals surface area contributed by atoms with E-state index < -0.39 is 0 Å². The van der Waals surface area contributed by atoms with E-state index >= 15 is 0 Å². The Hall–Kier alpha value is -3.87. The molecule has 1 fully saturated rings. The molecule has 1 aliphatic rings. The molecule has 0 unspecified atom stereocenters. The maximum Gasteiger partial charge on any atom is 0.254 e. The average molecular weight is 410 g/mol. The van der Waals surface area contributed by atoms with E-state index in [1.54, 1.807) is 24.8 Å². The first-order valence-corrected chi connectivity index (χ1v) is 10.4. The molecule has 5 rings (SSSR count). The lowest BCUT2D eigenvalue weighted by Crippen LogP contribution is -2.35. The summed E-state index contributed by atoms with van der Waals surface area (Å²) in [5, 5.41) is 9.86. The van der Waals surface area contributed by atoms with Crippen molar-refractivity contribution in [2.24, 2.45) is 0 Å². The Balaban J connectivity index is 1.44. The molecule has 0 spiro atoms. The van der Waals surface area contributed by atoms with E-state index in [4.69, 9.17) is 0 Å². The number of hydrogen-bond acceptors (Lipinski definition) is 6. The summed E-state index contributed by atoms with van der Waals surface area (Å²) in [6.45, 7) is 2.91. The number of hydrogen-bond donors (Lipinski definition) is 0.